The standard InChI is InChI=1S/C11H9N5/c12-3-5-16(6-4-13)11-7-9(8-14)1-2-10(11)15/h1-2,7H,5-6,15H2. The van der Waals surface area contributed by atoms with E-state index in [0.29, 0.717) is 16.9 Å². The van der Waals surface area contributed by atoms with Crippen LogP contribution in [0.1, 0.15) is 5.56 Å². The minimum Gasteiger partial charge on any atom is -0.397 e. The van der Waals surface area contributed by atoms with Crippen LogP contribution in [0.2, 0.25) is 0 Å². The predicted octanol–water partition coefficient (Wildman–Crippen LogP) is 0.994. The Hall–Kier alpha value is -2.71. The molecular formula is C11H9N5. The molecule has 0 aromatic heterocycles. The number of hydrogen-bond donors (Lipinski definition) is 1. The molecule has 0 bridgehead atoms. The molecule has 1 aromatic rings. The summed E-state index contributed by atoms with van der Waals surface area (Å²) in [7, 11) is 0. The van der Waals surface area contributed by atoms with Crippen molar-refractivity contribution in [2.24, 2.45) is 0 Å². The van der Waals surface area contributed by atoms with Crippen LogP contribution >= 0.6 is 0 Å². The summed E-state index contributed by atoms with van der Waals surface area (Å²) in [5.41, 5.74) is 7.18. The van der Waals surface area contributed by atoms with Gasteiger partial charge in [-0.1, -0.05) is 0 Å². The van der Waals surface area contributed by atoms with Crippen molar-refractivity contribution >= 4 is 11.4 Å². The minimum absolute atomic E-state index is 0.0621. The van der Waals surface area contributed by atoms with Crippen molar-refractivity contribution in [2.45, 2.75) is 0 Å². The van der Waals surface area contributed by atoms with Gasteiger partial charge in [0.15, 0.2) is 0 Å². The Morgan fingerprint density at radius 2 is 1.75 bits per heavy atom. The van der Waals surface area contributed by atoms with Gasteiger partial charge in [-0.2, -0.15) is 15.8 Å². The number of nitrogen functional groups attached to an aromatic ring is 1. The minimum atomic E-state index is 0.0621. The van der Waals surface area contributed by atoms with Gasteiger partial charge in [0.25, 0.3) is 0 Å². The van der Waals surface area contributed by atoms with Gasteiger partial charge in [-0.3, -0.25) is 0 Å². The molecule has 78 valence electrons. The number of benzene rings is 1. The Bertz CT molecular complexity index is 485. The molecule has 0 radical (unpaired) electrons. The van der Waals surface area contributed by atoms with Gasteiger partial charge in [-0.15, -0.1) is 0 Å². The molecule has 0 heterocycles. The lowest BCUT2D eigenvalue weighted by Gasteiger charge is -2.20. The van der Waals surface area contributed by atoms with E-state index in [4.69, 9.17) is 21.5 Å². The van der Waals surface area contributed by atoms with Crippen LogP contribution in [0.3, 0.4) is 0 Å². The molecule has 0 aliphatic rings. The maximum atomic E-state index is 8.76. The first-order valence-corrected chi connectivity index (χ1v) is 4.51. The molecule has 0 fully saturated rings. The van der Waals surface area contributed by atoms with E-state index in [1.807, 2.05) is 18.2 Å². The Balaban J connectivity index is 3.14. The van der Waals surface area contributed by atoms with Gasteiger partial charge in [0.1, 0.15) is 13.1 Å². The van der Waals surface area contributed by atoms with Crippen LogP contribution in [-0.2, 0) is 0 Å². The first-order chi connectivity index (χ1) is 7.72. The first-order valence-electron chi connectivity index (χ1n) is 4.51. The molecule has 16 heavy (non-hydrogen) atoms. The lowest BCUT2D eigenvalue weighted by Crippen LogP contribution is -2.24. The monoisotopic (exact) mass is 211 g/mol. The Morgan fingerprint density at radius 1 is 1.12 bits per heavy atom. The van der Waals surface area contributed by atoms with E-state index in [2.05, 4.69) is 0 Å². The zero-order valence-corrected chi connectivity index (χ0v) is 8.51. The average Bonchev–Trinajstić information content (AvgIpc) is 2.29. The quantitative estimate of drug-likeness (QED) is 0.593. The van der Waals surface area contributed by atoms with E-state index in [1.165, 1.54) is 4.90 Å². The summed E-state index contributed by atoms with van der Waals surface area (Å²) in [5, 5.41) is 26.0. The van der Waals surface area contributed by atoms with Crippen LogP contribution in [0.4, 0.5) is 11.4 Å². The third kappa shape index (κ3) is 2.41. The molecule has 1 rings (SSSR count). The molecule has 0 amide bonds. The first kappa shape index (κ1) is 11.4. The second kappa shape index (κ2) is 5.24. The van der Waals surface area contributed by atoms with Crippen molar-refractivity contribution in [3.63, 3.8) is 0 Å². The summed E-state index contributed by atoms with van der Waals surface area (Å²) < 4.78 is 0. The van der Waals surface area contributed by atoms with E-state index in [9.17, 15) is 0 Å². The molecule has 0 spiro atoms. The fourth-order valence-corrected chi connectivity index (χ4v) is 1.28. The second-order valence-electron chi connectivity index (χ2n) is 3.06. The molecule has 1 aromatic carbocycles. The van der Waals surface area contributed by atoms with E-state index >= 15 is 0 Å². The van der Waals surface area contributed by atoms with Crippen LogP contribution in [0.15, 0.2) is 18.2 Å². The zero-order valence-electron chi connectivity index (χ0n) is 8.51. The molecule has 0 atom stereocenters. The lowest BCUT2D eigenvalue weighted by atomic mass is 10.1. The summed E-state index contributed by atoms with van der Waals surface area (Å²) in [5.74, 6) is 0. The highest BCUT2D eigenvalue weighted by Gasteiger charge is 2.09. The third-order valence-electron chi connectivity index (χ3n) is 2.02. The van der Waals surface area contributed by atoms with Gasteiger partial charge >= 0.3 is 0 Å². The fourth-order valence-electron chi connectivity index (χ4n) is 1.28. The van der Waals surface area contributed by atoms with E-state index in [-0.39, 0.29) is 13.1 Å². The molecule has 0 saturated carbocycles. The van der Waals surface area contributed by atoms with Gasteiger partial charge in [-0.05, 0) is 18.2 Å². The van der Waals surface area contributed by atoms with E-state index in [1.54, 1.807) is 18.2 Å². The molecule has 5 heteroatoms. The Labute approximate surface area is 93.5 Å². The van der Waals surface area contributed by atoms with Crippen LogP contribution in [0.5, 0.6) is 0 Å². The number of hydrogen-bond acceptors (Lipinski definition) is 5. The van der Waals surface area contributed by atoms with Gasteiger partial charge in [0.2, 0.25) is 0 Å². The van der Waals surface area contributed by atoms with Crippen LogP contribution in [0.25, 0.3) is 0 Å². The molecule has 0 aliphatic heterocycles. The molecule has 5 nitrogen and oxygen atoms in total. The number of nitriles is 3. The maximum absolute atomic E-state index is 8.76. The van der Waals surface area contributed by atoms with Crippen LogP contribution < -0.4 is 10.6 Å². The summed E-state index contributed by atoms with van der Waals surface area (Å²) >= 11 is 0. The summed E-state index contributed by atoms with van der Waals surface area (Å²) in [4.78, 5) is 1.52. The smallest absolute Gasteiger partial charge is 0.107 e. The average molecular weight is 211 g/mol. The summed E-state index contributed by atoms with van der Waals surface area (Å²) in [6, 6.07) is 10.6. The fraction of sp³-hybridized carbons (Fsp3) is 0.182. The maximum Gasteiger partial charge on any atom is 0.107 e. The number of nitrogens with two attached hydrogens (primary N) is 1. The summed E-state index contributed by atoms with van der Waals surface area (Å²) in [6.07, 6.45) is 0. The molecule has 2 N–H and O–H groups in total. The Kier molecular flexibility index (Phi) is 3.72. The molecular weight excluding hydrogens is 202 g/mol. The summed E-state index contributed by atoms with van der Waals surface area (Å²) in [6.45, 7) is 0.124. The zero-order chi connectivity index (χ0) is 12.0. The van der Waals surface area contributed by atoms with Gasteiger partial charge in [0.05, 0.1) is 35.1 Å². The lowest BCUT2D eigenvalue weighted by molar-refractivity contribution is 0.968. The Morgan fingerprint density at radius 3 is 2.25 bits per heavy atom. The predicted molar refractivity (Wildman–Crippen MR) is 59.0 cm³/mol. The highest BCUT2D eigenvalue weighted by molar-refractivity contribution is 5.70. The van der Waals surface area contributed by atoms with Crippen molar-refractivity contribution < 1.29 is 0 Å². The second-order valence-corrected chi connectivity index (χ2v) is 3.06. The van der Waals surface area contributed by atoms with Crippen molar-refractivity contribution in [2.75, 3.05) is 23.7 Å². The van der Waals surface area contributed by atoms with Crippen LogP contribution in [0, 0.1) is 34.0 Å². The molecule has 0 saturated heterocycles. The molecule has 0 aliphatic carbocycles. The largest absolute Gasteiger partial charge is 0.397 e. The number of nitrogens with zero attached hydrogens (tertiary/aromatic N) is 4. The molecule has 0 unspecified atom stereocenters. The highest BCUT2D eigenvalue weighted by Crippen LogP contribution is 2.23. The van der Waals surface area contributed by atoms with Crippen LogP contribution in [-0.4, -0.2) is 13.1 Å². The van der Waals surface area contributed by atoms with E-state index < -0.39 is 0 Å². The highest BCUT2D eigenvalue weighted by atomic mass is 15.1. The normalized spacial score (nSPS) is 8.56. The van der Waals surface area contributed by atoms with Gasteiger partial charge in [0, 0.05) is 0 Å². The van der Waals surface area contributed by atoms with Crippen molar-refractivity contribution in [1.82, 2.24) is 0 Å². The van der Waals surface area contributed by atoms with Crippen molar-refractivity contribution in [3.8, 4) is 18.2 Å². The van der Waals surface area contributed by atoms with Gasteiger partial charge < -0.3 is 10.6 Å². The topological polar surface area (TPSA) is 101 Å². The number of rotatable bonds is 3. The third-order valence-corrected chi connectivity index (χ3v) is 2.02. The van der Waals surface area contributed by atoms with E-state index in [0.717, 1.165) is 0 Å². The van der Waals surface area contributed by atoms with Gasteiger partial charge in [-0.25, -0.2) is 0 Å². The van der Waals surface area contributed by atoms with Crippen molar-refractivity contribution in [1.29, 1.82) is 15.8 Å². The SMILES string of the molecule is N#CCN(CC#N)c1cc(C#N)ccc1N. The van der Waals surface area contributed by atoms with Crippen molar-refractivity contribution in [3.05, 3.63) is 23.8 Å². The number of anilines is 2.